The van der Waals surface area contributed by atoms with Gasteiger partial charge < -0.3 is 9.64 Å². The number of piperazine rings is 1. The monoisotopic (exact) mass is 243 g/mol. The van der Waals surface area contributed by atoms with Crippen molar-refractivity contribution in [3.63, 3.8) is 0 Å². The van der Waals surface area contributed by atoms with Gasteiger partial charge in [0.05, 0.1) is 13.2 Å². The van der Waals surface area contributed by atoms with Crippen LogP contribution in [0.1, 0.15) is 13.8 Å². The van der Waals surface area contributed by atoms with Gasteiger partial charge in [-0.15, -0.1) is 0 Å². The number of nitrogens with two attached hydrogens (primary N) is 1. The van der Waals surface area contributed by atoms with Crippen molar-refractivity contribution in [3.05, 3.63) is 0 Å². The summed E-state index contributed by atoms with van der Waals surface area (Å²) in [6.07, 6.45) is 0. The molecular weight excluding hydrogens is 218 g/mol. The van der Waals surface area contributed by atoms with Crippen LogP contribution in [0.25, 0.3) is 0 Å². The Morgan fingerprint density at radius 1 is 1.41 bits per heavy atom. The lowest BCUT2D eigenvalue weighted by Crippen LogP contribution is -2.59. The summed E-state index contributed by atoms with van der Waals surface area (Å²) in [4.78, 5) is 8.99. The summed E-state index contributed by atoms with van der Waals surface area (Å²) < 4.78 is 4.98. The number of hydrazine groups is 1. The lowest BCUT2D eigenvalue weighted by atomic mass is 10.1. The van der Waals surface area contributed by atoms with E-state index in [2.05, 4.69) is 41.1 Å². The lowest BCUT2D eigenvalue weighted by molar-refractivity contribution is 0.0965. The van der Waals surface area contributed by atoms with Crippen LogP contribution in [0.3, 0.4) is 0 Å². The number of nitrogens with one attached hydrogen (secondary N) is 1. The summed E-state index contributed by atoms with van der Waals surface area (Å²) in [5.41, 5.74) is 2.69. The van der Waals surface area contributed by atoms with Crippen LogP contribution in [-0.4, -0.2) is 68.2 Å². The molecule has 1 aliphatic heterocycles. The largest absolute Gasteiger partial charge is 0.383 e. The van der Waals surface area contributed by atoms with Gasteiger partial charge in [-0.05, 0) is 20.9 Å². The molecule has 0 aromatic carbocycles. The zero-order valence-corrected chi connectivity index (χ0v) is 11.3. The number of likely N-dealkylation sites (N-methyl/N-ethyl adjacent to an activating group) is 1. The molecule has 0 radical (unpaired) electrons. The van der Waals surface area contributed by atoms with E-state index < -0.39 is 0 Å². The van der Waals surface area contributed by atoms with Gasteiger partial charge in [-0.1, -0.05) is 0 Å². The SMILES string of the molecule is COCCN=C(NN)N1CC(C)N(C)C(C)C1. The molecule has 0 spiro atoms. The topological polar surface area (TPSA) is 66.1 Å². The second-order valence-electron chi connectivity index (χ2n) is 4.61. The molecule has 0 aromatic rings. The standard InChI is InChI=1S/C11H25N5O/c1-9-7-16(8-10(2)15(9)3)11(14-12)13-5-6-17-4/h9-10H,5-8,12H2,1-4H3,(H,13,14). The van der Waals surface area contributed by atoms with Gasteiger partial charge in [-0.25, -0.2) is 10.8 Å². The van der Waals surface area contributed by atoms with E-state index in [0.29, 0.717) is 25.2 Å². The third-order valence-corrected chi connectivity index (χ3v) is 3.35. The van der Waals surface area contributed by atoms with Crippen molar-refractivity contribution in [1.29, 1.82) is 0 Å². The summed E-state index contributed by atoms with van der Waals surface area (Å²) in [5.74, 6) is 6.29. The van der Waals surface area contributed by atoms with Crippen LogP contribution < -0.4 is 11.3 Å². The quantitative estimate of drug-likeness (QED) is 0.229. The third-order valence-electron chi connectivity index (χ3n) is 3.35. The van der Waals surface area contributed by atoms with Crippen LogP contribution >= 0.6 is 0 Å². The Bertz CT molecular complexity index is 246. The predicted molar refractivity (Wildman–Crippen MR) is 69.8 cm³/mol. The van der Waals surface area contributed by atoms with E-state index in [1.165, 1.54) is 0 Å². The minimum absolute atomic E-state index is 0.500. The highest BCUT2D eigenvalue weighted by atomic mass is 16.5. The Kier molecular flexibility index (Phi) is 5.67. The summed E-state index contributed by atoms with van der Waals surface area (Å²) in [6.45, 7) is 7.56. The number of hydrogen-bond donors (Lipinski definition) is 2. The van der Waals surface area contributed by atoms with Crippen molar-refractivity contribution >= 4 is 5.96 Å². The maximum absolute atomic E-state index is 5.53. The number of ether oxygens (including phenoxy) is 1. The number of nitrogens with zero attached hydrogens (tertiary/aromatic N) is 3. The van der Waals surface area contributed by atoms with E-state index in [-0.39, 0.29) is 0 Å². The van der Waals surface area contributed by atoms with Crippen LogP contribution in [0, 0.1) is 0 Å². The van der Waals surface area contributed by atoms with Gasteiger partial charge in [-0.2, -0.15) is 0 Å². The molecule has 1 fully saturated rings. The molecule has 2 atom stereocenters. The Morgan fingerprint density at radius 3 is 2.47 bits per heavy atom. The van der Waals surface area contributed by atoms with Gasteiger partial charge in [0.25, 0.3) is 0 Å². The fourth-order valence-electron chi connectivity index (χ4n) is 2.06. The van der Waals surface area contributed by atoms with E-state index in [1.54, 1.807) is 7.11 Å². The molecule has 2 unspecified atom stereocenters. The van der Waals surface area contributed by atoms with E-state index in [0.717, 1.165) is 19.0 Å². The molecule has 0 aromatic heterocycles. The molecule has 0 aliphatic carbocycles. The molecule has 100 valence electrons. The van der Waals surface area contributed by atoms with Crippen LogP contribution in [0.4, 0.5) is 0 Å². The van der Waals surface area contributed by atoms with E-state index in [4.69, 9.17) is 10.6 Å². The molecule has 0 amide bonds. The molecule has 6 heteroatoms. The molecule has 1 heterocycles. The molecule has 3 N–H and O–H groups in total. The molecule has 0 saturated carbocycles. The average molecular weight is 243 g/mol. The smallest absolute Gasteiger partial charge is 0.208 e. The van der Waals surface area contributed by atoms with Gasteiger partial charge in [0, 0.05) is 32.3 Å². The highest BCUT2D eigenvalue weighted by Crippen LogP contribution is 2.13. The summed E-state index contributed by atoms with van der Waals surface area (Å²) >= 11 is 0. The van der Waals surface area contributed by atoms with E-state index in [1.807, 2.05) is 0 Å². The molecule has 1 rings (SSSR count). The lowest BCUT2D eigenvalue weighted by Gasteiger charge is -2.43. The molecule has 1 saturated heterocycles. The van der Waals surface area contributed by atoms with Crippen LogP contribution in [0.2, 0.25) is 0 Å². The zero-order chi connectivity index (χ0) is 12.8. The van der Waals surface area contributed by atoms with Gasteiger partial charge in [-0.3, -0.25) is 10.3 Å². The number of hydrogen-bond acceptors (Lipinski definition) is 4. The first-order valence-corrected chi connectivity index (χ1v) is 6.07. The average Bonchev–Trinajstić information content (AvgIpc) is 2.31. The first kappa shape index (κ1) is 14.2. The highest BCUT2D eigenvalue weighted by molar-refractivity contribution is 5.79. The van der Waals surface area contributed by atoms with E-state index in [9.17, 15) is 0 Å². The fraction of sp³-hybridized carbons (Fsp3) is 0.909. The fourth-order valence-corrected chi connectivity index (χ4v) is 2.06. The number of methoxy groups -OCH3 is 1. The van der Waals surface area contributed by atoms with Crippen LogP contribution in [0.15, 0.2) is 4.99 Å². The molecular formula is C11H25N5O. The Labute approximate surface area is 104 Å². The van der Waals surface area contributed by atoms with Gasteiger partial charge in [0.1, 0.15) is 0 Å². The summed E-state index contributed by atoms with van der Waals surface area (Å²) in [6, 6.07) is 0.999. The third kappa shape index (κ3) is 3.83. The molecule has 17 heavy (non-hydrogen) atoms. The van der Waals surface area contributed by atoms with Crippen molar-refractivity contribution in [1.82, 2.24) is 15.2 Å². The minimum atomic E-state index is 0.500. The van der Waals surface area contributed by atoms with Gasteiger partial charge >= 0.3 is 0 Å². The second-order valence-corrected chi connectivity index (χ2v) is 4.61. The maximum atomic E-state index is 5.53. The zero-order valence-electron chi connectivity index (χ0n) is 11.3. The summed E-state index contributed by atoms with van der Waals surface area (Å²) in [7, 11) is 3.83. The highest BCUT2D eigenvalue weighted by Gasteiger charge is 2.27. The number of aliphatic imine (C=N–C) groups is 1. The normalized spacial score (nSPS) is 27.4. The Morgan fingerprint density at radius 2 is 2.00 bits per heavy atom. The minimum Gasteiger partial charge on any atom is -0.383 e. The number of rotatable bonds is 3. The van der Waals surface area contributed by atoms with Crippen molar-refractivity contribution in [2.75, 3.05) is 40.4 Å². The van der Waals surface area contributed by atoms with Crippen LogP contribution in [0.5, 0.6) is 0 Å². The van der Waals surface area contributed by atoms with Crippen molar-refractivity contribution in [2.45, 2.75) is 25.9 Å². The van der Waals surface area contributed by atoms with Crippen molar-refractivity contribution < 1.29 is 4.74 Å². The molecule has 6 nitrogen and oxygen atoms in total. The Hall–Kier alpha value is -0.850. The van der Waals surface area contributed by atoms with Gasteiger partial charge in [0.2, 0.25) is 5.96 Å². The van der Waals surface area contributed by atoms with Crippen molar-refractivity contribution in [2.24, 2.45) is 10.8 Å². The maximum Gasteiger partial charge on any atom is 0.208 e. The van der Waals surface area contributed by atoms with Crippen LogP contribution in [-0.2, 0) is 4.74 Å². The first-order valence-electron chi connectivity index (χ1n) is 6.07. The second kappa shape index (κ2) is 6.78. The first-order chi connectivity index (χ1) is 8.10. The molecule has 0 bridgehead atoms. The summed E-state index contributed by atoms with van der Waals surface area (Å²) in [5, 5.41) is 0. The Balaban J connectivity index is 2.60. The van der Waals surface area contributed by atoms with Gasteiger partial charge in [0.15, 0.2) is 0 Å². The molecule has 1 aliphatic rings. The van der Waals surface area contributed by atoms with E-state index >= 15 is 0 Å². The van der Waals surface area contributed by atoms with Crippen molar-refractivity contribution in [3.8, 4) is 0 Å². The predicted octanol–water partition coefficient (Wildman–Crippen LogP) is -0.523. The number of guanidine groups is 1.